The third-order valence-corrected chi connectivity index (χ3v) is 8.78. The van der Waals surface area contributed by atoms with E-state index in [1.165, 1.54) is 6.33 Å². The number of hydrogen-bond donors (Lipinski definition) is 1. The average Bonchev–Trinajstić information content (AvgIpc) is 3.59. The lowest BCUT2D eigenvalue weighted by atomic mass is 10.1. The van der Waals surface area contributed by atoms with Crippen molar-refractivity contribution in [3.05, 3.63) is 60.0 Å². The number of imidazole rings is 1. The van der Waals surface area contributed by atoms with E-state index in [1.54, 1.807) is 42.3 Å². The summed E-state index contributed by atoms with van der Waals surface area (Å²) >= 11 is 0. The number of aromatic nitrogens is 4. The zero-order chi connectivity index (χ0) is 31.6. The first kappa shape index (κ1) is 31.3. The van der Waals surface area contributed by atoms with Crippen LogP contribution >= 0.6 is 8.53 Å². The van der Waals surface area contributed by atoms with Gasteiger partial charge in [-0.25, -0.2) is 26.2 Å². The molecule has 1 aromatic carbocycles. The maximum atomic E-state index is 12.9. The van der Waals surface area contributed by atoms with Crippen molar-refractivity contribution in [2.75, 3.05) is 38.8 Å². The van der Waals surface area contributed by atoms with Crippen molar-refractivity contribution >= 4 is 31.4 Å². The summed E-state index contributed by atoms with van der Waals surface area (Å²) in [6.07, 6.45) is 0.0920. The van der Waals surface area contributed by atoms with E-state index in [0.717, 1.165) is 0 Å². The number of nitrogens with one attached hydrogen (secondary N) is 1. The normalized spacial score (nSPS) is 21.4. The van der Waals surface area contributed by atoms with E-state index in [9.17, 15) is 4.79 Å². The number of benzene rings is 1. The van der Waals surface area contributed by atoms with Crippen molar-refractivity contribution in [1.82, 2.24) is 24.2 Å². The molecule has 1 saturated heterocycles. The number of methoxy groups -OCH3 is 1. The summed E-state index contributed by atoms with van der Waals surface area (Å²) in [6, 6.07) is 9.00. The molecule has 0 radical (unpaired) electrons. The maximum Gasteiger partial charge on any atom is 0.259 e. The van der Waals surface area contributed by atoms with Gasteiger partial charge in [0.1, 0.15) is 25.1 Å². The molecule has 1 aliphatic rings. The van der Waals surface area contributed by atoms with Crippen LogP contribution in [0.15, 0.2) is 43.0 Å². The molecular weight excluding hydrogens is 573 g/mol. The van der Waals surface area contributed by atoms with Gasteiger partial charge in [-0.3, -0.25) is 9.36 Å². The molecule has 0 saturated carbocycles. The van der Waals surface area contributed by atoms with Gasteiger partial charge in [-0.05, 0) is 46.7 Å². The van der Waals surface area contributed by atoms with Gasteiger partial charge in [-0.15, -0.1) is 0 Å². The molecule has 3 aromatic rings. The van der Waals surface area contributed by atoms with Crippen LogP contribution in [0.1, 0.15) is 52.6 Å². The highest BCUT2D eigenvalue weighted by Crippen LogP contribution is 2.50. The van der Waals surface area contributed by atoms with Crippen LogP contribution in [0.3, 0.4) is 0 Å². The minimum absolute atomic E-state index is 0.0910. The maximum absolute atomic E-state index is 12.9. The Hall–Kier alpha value is -3.08. The Morgan fingerprint density at radius 1 is 1.16 bits per heavy atom. The minimum Gasteiger partial charge on any atom is -0.382 e. The van der Waals surface area contributed by atoms with Gasteiger partial charge in [-0.1, -0.05) is 18.2 Å². The van der Waals surface area contributed by atoms with Crippen LogP contribution in [0.2, 0.25) is 0 Å². The molecule has 4 rings (SSSR count). The van der Waals surface area contributed by atoms with E-state index >= 15 is 0 Å². The van der Waals surface area contributed by atoms with Crippen LogP contribution < -0.4 is 5.32 Å². The second-order valence-corrected chi connectivity index (χ2v) is 11.8. The first-order chi connectivity index (χ1) is 21.3. The van der Waals surface area contributed by atoms with Gasteiger partial charge in [0, 0.05) is 26.1 Å². The fraction of sp³-hybridized carbons (Fsp3) is 0.552. The lowest BCUT2D eigenvalue weighted by Crippen LogP contribution is -2.40. The first-order valence-electron chi connectivity index (χ1n) is 14.8. The predicted octanol–water partition coefficient (Wildman–Crippen LogP) is 4.69. The summed E-state index contributed by atoms with van der Waals surface area (Å²) in [6.45, 7) is 16.3. The fourth-order valence-corrected chi connectivity index (χ4v) is 6.56. The van der Waals surface area contributed by atoms with Crippen LogP contribution in [0.25, 0.3) is 16.0 Å². The van der Waals surface area contributed by atoms with Crippen LogP contribution in [-0.2, 0) is 23.3 Å². The highest BCUT2D eigenvalue weighted by atomic mass is 31.2. The Bertz CT molecular complexity index is 1380. The SMILES string of the molecule is [2H]C[C@H]1O[C@@H](n2cnc3c(NC(=O)c4ccccc4)ncnc32)C(OCCOC)C1OP(OCC[N+]#[C-])N(C(C)C)C(C)C. The van der Waals surface area contributed by atoms with Gasteiger partial charge in [0.15, 0.2) is 23.2 Å². The molecule has 1 aliphatic heterocycles. The molecule has 0 aliphatic carbocycles. The van der Waals surface area contributed by atoms with Crippen LogP contribution in [0.5, 0.6) is 0 Å². The molecule has 0 bridgehead atoms. The van der Waals surface area contributed by atoms with Crippen molar-refractivity contribution < 1.29 is 29.4 Å². The number of amides is 1. The molecule has 3 heterocycles. The second-order valence-electron chi connectivity index (χ2n) is 10.4. The molecule has 1 N–H and O–H groups in total. The number of carbonyl (C=O) groups excluding carboxylic acids is 1. The van der Waals surface area contributed by atoms with Crippen LogP contribution in [-0.4, -0.2) is 94.0 Å². The smallest absolute Gasteiger partial charge is 0.259 e. The molecule has 1 fully saturated rings. The average molecular weight is 615 g/mol. The monoisotopic (exact) mass is 614 g/mol. The second kappa shape index (κ2) is 15.6. The molecule has 43 heavy (non-hydrogen) atoms. The molecule has 1 amide bonds. The number of ether oxygens (including phenoxy) is 3. The first-order valence-corrected chi connectivity index (χ1v) is 15.2. The Kier molecular flexibility index (Phi) is 11.4. The Morgan fingerprint density at radius 2 is 1.93 bits per heavy atom. The van der Waals surface area contributed by atoms with E-state index in [0.29, 0.717) is 23.3 Å². The van der Waals surface area contributed by atoms with Gasteiger partial charge < -0.3 is 33.4 Å². The van der Waals surface area contributed by atoms with E-state index in [-0.39, 0.29) is 50.5 Å². The van der Waals surface area contributed by atoms with E-state index in [1.807, 2.05) is 6.07 Å². The van der Waals surface area contributed by atoms with Crippen LogP contribution in [0, 0.1) is 6.57 Å². The summed E-state index contributed by atoms with van der Waals surface area (Å²) in [4.78, 5) is 29.5. The molecular formula is C29H40N7O6P. The predicted molar refractivity (Wildman–Crippen MR) is 162 cm³/mol. The van der Waals surface area contributed by atoms with Crippen LogP contribution in [0.4, 0.5) is 5.82 Å². The van der Waals surface area contributed by atoms with Crippen molar-refractivity contribution in [2.24, 2.45) is 0 Å². The summed E-state index contributed by atoms with van der Waals surface area (Å²) in [5, 5.41) is 2.82. The standard InChI is InChI=1S/C29H40N7O6P/c1-19(2)36(20(3)4)43(40-14-13-30-6)42-24-21(5)41-29(25(24)39-16-15-38-7)35-18-33-23-26(31-17-32-27(23)35)34-28(37)22-11-9-8-10-12-22/h8-12,17-21,24-25,29H,13-16H2,1-5,7H3,(H,31,32,34,37)/t21-,24?,25?,29-,43?/m1/s1/i5D. The number of nitrogens with zero attached hydrogens (tertiary/aromatic N) is 6. The van der Waals surface area contributed by atoms with Gasteiger partial charge in [-0.2, -0.15) is 0 Å². The highest BCUT2D eigenvalue weighted by molar-refractivity contribution is 7.44. The lowest BCUT2D eigenvalue weighted by molar-refractivity contribution is -0.0744. The zero-order valence-corrected chi connectivity index (χ0v) is 26.0. The van der Waals surface area contributed by atoms with Gasteiger partial charge in [0.2, 0.25) is 6.54 Å². The van der Waals surface area contributed by atoms with Crippen molar-refractivity contribution in [3.63, 3.8) is 0 Å². The third-order valence-electron chi connectivity index (χ3n) is 6.65. The summed E-state index contributed by atoms with van der Waals surface area (Å²) in [5.74, 6) is -0.0734. The van der Waals surface area contributed by atoms with Gasteiger partial charge in [0.05, 0.1) is 25.6 Å². The topological polar surface area (TPSA) is 126 Å². The fourth-order valence-electron chi connectivity index (χ4n) is 4.80. The van der Waals surface area contributed by atoms with Gasteiger partial charge >= 0.3 is 0 Å². The summed E-state index contributed by atoms with van der Waals surface area (Å²) < 4.78 is 43.0. The number of hydrogen-bond acceptors (Lipinski definition) is 10. The largest absolute Gasteiger partial charge is 0.382 e. The highest BCUT2D eigenvalue weighted by Gasteiger charge is 2.48. The number of fused-ring (bicyclic) bond motifs is 1. The lowest BCUT2D eigenvalue weighted by Gasteiger charge is -2.37. The van der Waals surface area contributed by atoms with E-state index < -0.39 is 33.1 Å². The summed E-state index contributed by atoms with van der Waals surface area (Å²) in [5.41, 5.74) is 1.27. The van der Waals surface area contributed by atoms with Gasteiger partial charge in [0.25, 0.3) is 14.4 Å². The minimum atomic E-state index is -1.63. The number of rotatable bonds is 15. The Morgan fingerprint density at radius 3 is 2.60 bits per heavy atom. The number of carbonyl (C=O) groups is 1. The van der Waals surface area contributed by atoms with E-state index in [4.69, 9.17) is 31.2 Å². The third kappa shape index (κ3) is 7.91. The Balaban J connectivity index is 1.67. The molecule has 3 unspecified atom stereocenters. The Labute approximate surface area is 255 Å². The molecule has 5 atom stereocenters. The van der Waals surface area contributed by atoms with E-state index in [2.05, 4.69) is 57.5 Å². The summed E-state index contributed by atoms with van der Waals surface area (Å²) in [7, 11) is -0.0452. The molecule has 232 valence electrons. The molecule has 13 nitrogen and oxygen atoms in total. The molecule has 0 spiro atoms. The molecule has 14 heteroatoms. The van der Waals surface area contributed by atoms with Crippen molar-refractivity contribution in [3.8, 4) is 0 Å². The number of anilines is 1. The molecule has 2 aromatic heterocycles. The van der Waals surface area contributed by atoms with Crippen molar-refractivity contribution in [2.45, 2.75) is 71.2 Å². The zero-order valence-electron chi connectivity index (χ0n) is 26.1. The quantitative estimate of drug-likeness (QED) is 0.146. The van der Waals surface area contributed by atoms with Crippen molar-refractivity contribution in [1.29, 1.82) is 0 Å².